The van der Waals surface area contributed by atoms with Crippen molar-refractivity contribution in [3.63, 3.8) is 0 Å². The molecule has 25 heavy (non-hydrogen) atoms. The molecule has 0 fully saturated rings. The Kier molecular flexibility index (Phi) is 7.06. The molecule has 1 aromatic carbocycles. The molecule has 1 aromatic heterocycles. The van der Waals surface area contributed by atoms with Gasteiger partial charge in [-0.3, -0.25) is 14.2 Å². The maximum atomic E-state index is 13.0. The molecule has 0 radical (unpaired) electrons. The number of carbonyl (C=O) groups excluding carboxylic acids is 1. The van der Waals surface area contributed by atoms with Crippen LogP contribution >= 0.6 is 11.8 Å². The number of carbonyl (C=O) groups is 1. The predicted molar refractivity (Wildman–Crippen MR) is 99.3 cm³/mol. The van der Waals surface area contributed by atoms with Gasteiger partial charge in [-0.15, -0.1) is 0 Å². The average Bonchev–Trinajstić information content (AvgIpc) is 2.59. The molecule has 1 amide bonds. The molecule has 0 bridgehead atoms. The van der Waals surface area contributed by atoms with Crippen LogP contribution in [0.1, 0.15) is 38.2 Å². The summed E-state index contributed by atoms with van der Waals surface area (Å²) >= 11 is 1.04. The van der Waals surface area contributed by atoms with Gasteiger partial charge in [0.25, 0.3) is 5.56 Å². The fourth-order valence-corrected chi connectivity index (χ4v) is 3.25. The number of amides is 1. The van der Waals surface area contributed by atoms with E-state index >= 15 is 0 Å². The van der Waals surface area contributed by atoms with E-state index in [1.165, 1.54) is 4.57 Å². The number of aromatic hydroxyl groups is 1. The van der Waals surface area contributed by atoms with Crippen molar-refractivity contribution >= 4 is 17.7 Å². The Hall–Kier alpha value is -2.28. The van der Waals surface area contributed by atoms with Crippen molar-refractivity contribution in [2.45, 2.75) is 44.2 Å². The normalized spacial score (nSPS) is 10.8. The summed E-state index contributed by atoms with van der Waals surface area (Å²) < 4.78 is 1.43. The summed E-state index contributed by atoms with van der Waals surface area (Å²) in [5, 5.41) is 10.5. The lowest BCUT2D eigenvalue weighted by Crippen LogP contribution is -2.26. The number of rotatable bonds is 9. The molecule has 0 unspecified atom stereocenters. The summed E-state index contributed by atoms with van der Waals surface area (Å²) in [6.45, 7) is 2.12. The summed E-state index contributed by atoms with van der Waals surface area (Å²) in [4.78, 5) is 28.2. The fourth-order valence-electron chi connectivity index (χ4n) is 2.51. The van der Waals surface area contributed by atoms with Crippen LogP contribution in [0.25, 0.3) is 5.69 Å². The van der Waals surface area contributed by atoms with Crippen molar-refractivity contribution in [3.8, 4) is 11.6 Å². The van der Waals surface area contributed by atoms with Gasteiger partial charge in [0.1, 0.15) is 0 Å². The standard InChI is InChI=1S/C18H23N3O3S/c1-2-3-4-8-11-14-16(23)20-18(25-12-15(19)22)21(17(14)24)13-9-6-5-7-10-13/h5-7,9-10,23H,2-4,8,11-12H2,1H3,(H2,19,22). The lowest BCUT2D eigenvalue weighted by molar-refractivity contribution is -0.115. The van der Waals surface area contributed by atoms with Crippen LogP contribution in [-0.2, 0) is 11.2 Å². The second-order valence-corrected chi connectivity index (χ2v) is 6.68. The van der Waals surface area contributed by atoms with Crippen LogP contribution in [0.15, 0.2) is 40.3 Å². The van der Waals surface area contributed by atoms with E-state index in [4.69, 9.17) is 5.73 Å². The zero-order chi connectivity index (χ0) is 18.2. The number of nitrogens with two attached hydrogens (primary N) is 1. The highest BCUT2D eigenvalue weighted by Gasteiger charge is 2.18. The highest BCUT2D eigenvalue weighted by molar-refractivity contribution is 7.99. The molecule has 6 nitrogen and oxygen atoms in total. The first-order chi connectivity index (χ1) is 12.0. The number of aromatic nitrogens is 2. The predicted octanol–water partition coefficient (Wildman–Crippen LogP) is 2.64. The Morgan fingerprint density at radius 1 is 1.24 bits per heavy atom. The molecule has 0 aliphatic heterocycles. The van der Waals surface area contributed by atoms with E-state index in [1.54, 1.807) is 12.1 Å². The number of para-hydroxylation sites is 1. The fraction of sp³-hybridized carbons (Fsp3) is 0.389. The molecule has 0 saturated carbocycles. The zero-order valence-electron chi connectivity index (χ0n) is 14.3. The maximum Gasteiger partial charge on any atom is 0.265 e. The number of thioether (sulfide) groups is 1. The van der Waals surface area contributed by atoms with E-state index in [0.717, 1.165) is 37.4 Å². The summed E-state index contributed by atoms with van der Waals surface area (Å²) in [5.74, 6) is -0.795. The Morgan fingerprint density at radius 3 is 2.60 bits per heavy atom. The zero-order valence-corrected chi connectivity index (χ0v) is 15.1. The molecule has 2 aromatic rings. The van der Waals surface area contributed by atoms with Gasteiger partial charge < -0.3 is 10.8 Å². The largest absolute Gasteiger partial charge is 0.493 e. The van der Waals surface area contributed by atoms with E-state index in [-0.39, 0.29) is 22.3 Å². The van der Waals surface area contributed by atoms with Crippen LogP contribution < -0.4 is 11.3 Å². The number of hydrogen-bond acceptors (Lipinski definition) is 5. The van der Waals surface area contributed by atoms with Gasteiger partial charge in [0, 0.05) is 0 Å². The van der Waals surface area contributed by atoms with Crippen molar-refractivity contribution in [3.05, 3.63) is 46.2 Å². The average molecular weight is 361 g/mol. The number of hydrogen-bond donors (Lipinski definition) is 2. The number of primary amides is 1. The van der Waals surface area contributed by atoms with E-state index in [9.17, 15) is 14.7 Å². The van der Waals surface area contributed by atoms with Crippen LogP contribution in [-0.4, -0.2) is 26.3 Å². The molecule has 7 heteroatoms. The quantitative estimate of drug-likeness (QED) is 0.406. The molecule has 1 heterocycles. The molecule has 0 spiro atoms. The van der Waals surface area contributed by atoms with Crippen LogP contribution in [0.4, 0.5) is 0 Å². The summed E-state index contributed by atoms with van der Waals surface area (Å²) in [5.41, 5.74) is 5.84. The summed E-state index contributed by atoms with van der Waals surface area (Å²) in [6.07, 6.45) is 4.49. The monoisotopic (exact) mass is 361 g/mol. The Balaban J connectivity index is 2.43. The second kappa shape index (κ2) is 9.27. The van der Waals surface area contributed by atoms with Gasteiger partial charge in [-0.2, -0.15) is 4.98 Å². The summed E-state index contributed by atoms with van der Waals surface area (Å²) in [6, 6.07) is 9.06. The number of unbranched alkanes of at least 4 members (excludes halogenated alkanes) is 3. The van der Waals surface area contributed by atoms with Crippen molar-refractivity contribution in [2.75, 3.05) is 5.75 Å². The molecule has 134 valence electrons. The first-order valence-electron chi connectivity index (χ1n) is 8.36. The highest BCUT2D eigenvalue weighted by atomic mass is 32.2. The van der Waals surface area contributed by atoms with Gasteiger partial charge in [-0.1, -0.05) is 56.1 Å². The van der Waals surface area contributed by atoms with Crippen LogP contribution in [0, 0.1) is 0 Å². The minimum atomic E-state index is -0.512. The minimum absolute atomic E-state index is 0.0193. The smallest absolute Gasteiger partial charge is 0.265 e. The lowest BCUT2D eigenvalue weighted by atomic mass is 10.1. The van der Waals surface area contributed by atoms with E-state index in [0.29, 0.717) is 17.7 Å². The minimum Gasteiger partial charge on any atom is -0.493 e. The molecule has 0 atom stereocenters. The number of benzene rings is 1. The Bertz CT molecular complexity index is 775. The first-order valence-corrected chi connectivity index (χ1v) is 9.34. The van der Waals surface area contributed by atoms with Gasteiger partial charge in [-0.25, -0.2) is 0 Å². The van der Waals surface area contributed by atoms with Gasteiger partial charge in [0.05, 0.1) is 17.0 Å². The molecule has 3 N–H and O–H groups in total. The molecule has 0 aliphatic carbocycles. The van der Waals surface area contributed by atoms with Gasteiger partial charge >= 0.3 is 0 Å². The van der Waals surface area contributed by atoms with Gasteiger partial charge in [0.2, 0.25) is 11.8 Å². The SMILES string of the molecule is CCCCCCc1c(O)nc(SCC(N)=O)n(-c2ccccc2)c1=O. The molecule has 2 rings (SSSR count). The molecular weight excluding hydrogens is 338 g/mol. The van der Waals surface area contributed by atoms with Crippen molar-refractivity contribution in [2.24, 2.45) is 5.73 Å². The van der Waals surface area contributed by atoms with E-state index in [1.807, 2.05) is 18.2 Å². The third-order valence-corrected chi connectivity index (χ3v) is 4.72. The van der Waals surface area contributed by atoms with Crippen molar-refractivity contribution in [1.29, 1.82) is 0 Å². The van der Waals surface area contributed by atoms with E-state index in [2.05, 4.69) is 11.9 Å². The van der Waals surface area contributed by atoms with Crippen LogP contribution in [0.3, 0.4) is 0 Å². The third-order valence-electron chi connectivity index (χ3n) is 3.76. The number of nitrogens with zero attached hydrogens (tertiary/aromatic N) is 2. The molecule has 0 saturated heterocycles. The summed E-state index contributed by atoms with van der Waals surface area (Å²) in [7, 11) is 0. The first kappa shape index (κ1) is 19.1. The maximum absolute atomic E-state index is 13.0. The van der Waals surface area contributed by atoms with Gasteiger partial charge in [0.15, 0.2) is 5.16 Å². The van der Waals surface area contributed by atoms with Crippen molar-refractivity contribution < 1.29 is 9.90 Å². The lowest BCUT2D eigenvalue weighted by Gasteiger charge is -2.14. The Morgan fingerprint density at radius 2 is 1.96 bits per heavy atom. The van der Waals surface area contributed by atoms with Crippen LogP contribution in [0.5, 0.6) is 5.88 Å². The molecular formula is C18H23N3O3S. The molecule has 0 aliphatic rings. The van der Waals surface area contributed by atoms with Crippen LogP contribution in [0.2, 0.25) is 0 Å². The van der Waals surface area contributed by atoms with E-state index < -0.39 is 5.91 Å². The van der Waals surface area contributed by atoms with Gasteiger partial charge in [-0.05, 0) is 25.0 Å². The second-order valence-electron chi connectivity index (χ2n) is 5.74. The third kappa shape index (κ3) is 5.09. The highest BCUT2D eigenvalue weighted by Crippen LogP contribution is 2.23. The topological polar surface area (TPSA) is 98.2 Å². The van der Waals surface area contributed by atoms with Crippen molar-refractivity contribution in [1.82, 2.24) is 9.55 Å². The Labute approximate surface area is 151 Å².